The average molecular weight is 263 g/mol. The lowest BCUT2D eigenvalue weighted by atomic mass is 10.3. The van der Waals surface area contributed by atoms with Crippen LogP contribution in [0.4, 0.5) is 4.39 Å². The summed E-state index contributed by atoms with van der Waals surface area (Å²) in [5.41, 5.74) is -0.150. The molecule has 1 aromatic heterocycles. The van der Waals surface area contributed by atoms with Crippen LogP contribution in [0.2, 0.25) is 0 Å². The van der Waals surface area contributed by atoms with E-state index in [1.807, 2.05) is 0 Å². The van der Waals surface area contributed by atoms with Gasteiger partial charge in [-0.25, -0.2) is 14.2 Å². The molecule has 6 heteroatoms. The van der Waals surface area contributed by atoms with Crippen molar-refractivity contribution in [3.63, 3.8) is 0 Å². The van der Waals surface area contributed by atoms with Crippen molar-refractivity contribution in [2.45, 2.75) is 0 Å². The van der Waals surface area contributed by atoms with E-state index >= 15 is 0 Å². The molecular formula is C13H10FNO4. The summed E-state index contributed by atoms with van der Waals surface area (Å²) < 4.78 is 23.2. The fourth-order valence-electron chi connectivity index (χ4n) is 1.41. The van der Waals surface area contributed by atoms with Gasteiger partial charge in [-0.15, -0.1) is 0 Å². The Kier molecular flexibility index (Phi) is 3.61. The van der Waals surface area contributed by atoms with Crippen molar-refractivity contribution < 1.29 is 23.8 Å². The summed E-state index contributed by atoms with van der Waals surface area (Å²) in [6, 6.07) is 6.64. The highest BCUT2D eigenvalue weighted by Gasteiger charge is 2.12. The van der Waals surface area contributed by atoms with Crippen molar-refractivity contribution in [3.8, 4) is 17.2 Å². The van der Waals surface area contributed by atoms with Gasteiger partial charge in [-0.3, -0.25) is 0 Å². The monoisotopic (exact) mass is 263 g/mol. The van der Waals surface area contributed by atoms with Gasteiger partial charge in [0.05, 0.1) is 13.3 Å². The van der Waals surface area contributed by atoms with Gasteiger partial charge >= 0.3 is 5.97 Å². The molecular weight excluding hydrogens is 253 g/mol. The Morgan fingerprint density at radius 2 is 1.95 bits per heavy atom. The van der Waals surface area contributed by atoms with Gasteiger partial charge in [-0.2, -0.15) is 0 Å². The van der Waals surface area contributed by atoms with Crippen LogP contribution < -0.4 is 9.47 Å². The summed E-state index contributed by atoms with van der Waals surface area (Å²) >= 11 is 0. The predicted octanol–water partition coefficient (Wildman–Crippen LogP) is 2.72. The number of aromatic nitrogens is 1. The van der Waals surface area contributed by atoms with Crippen LogP contribution in [0.3, 0.4) is 0 Å². The summed E-state index contributed by atoms with van der Waals surface area (Å²) in [7, 11) is 1.39. The molecule has 19 heavy (non-hydrogen) atoms. The zero-order valence-electron chi connectivity index (χ0n) is 9.96. The summed E-state index contributed by atoms with van der Waals surface area (Å²) in [5.74, 6) is -0.661. The topological polar surface area (TPSA) is 68.7 Å². The quantitative estimate of drug-likeness (QED) is 0.918. The lowest BCUT2D eigenvalue weighted by Gasteiger charge is -2.10. The van der Waals surface area contributed by atoms with Gasteiger partial charge in [0.1, 0.15) is 11.6 Å². The number of carboxylic acids is 1. The normalized spacial score (nSPS) is 10.0. The first-order valence-corrected chi connectivity index (χ1v) is 5.31. The SMILES string of the molecule is COc1cc(C(=O)O)ncc1Oc1ccc(F)cc1. The highest BCUT2D eigenvalue weighted by Crippen LogP contribution is 2.31. The molecule has 0 radical (unpaired) electrons. The molecule has 5 nitrogen and oxygen atoms in total. The first kappa shape index (κ1) is 12.8. The number of aromatic carboxylic acids is 1. The molecule has 0 saturated heterocycles. The van der Waals surface area contributed by atoms with Gasteiger partial charge in [0.2, 0.25) is 0 Å². The van der Waals surface area contributed by atoms with E-state index in [0.29, 0.717) is 5.75 Å². The van der Waals surface area contributed by atoms with Crippen LogP contribution >= 0.6 is 0 Å². The Balaban J connectivity index is 2.29. The molecule has 0 spiro atoms. The second kappa shape index (κ2) is 5.34. The number of ether oxygens (including phenoxy) is 2. The lowest BCUT2D eigenvalue weighted by molar-refractivity contribution is 0.0690. The van der Waals surface area contributed by atoms with Gasteiger partial charge < -0.3 is 14.6 Å². The number of halogens is 1. The van der Waals surface area contributed by atoms with Crippen LogP contribution in [0, 0.1) is 5.82 Å². The fourth-order valence-corrected chi connectivity index (χ4v) is 1.41. The minimum atomic E-state index is -1.16. The third-order valence-corrected chi connectivity index (χ3v) is 2.31. The molecule has 2 rings (SSSR count). The molecule has 2 aromatic rings. The summed E-state index contributed by atoms with van der Waals surface area (Å²) in [4.78, 5) is 14.5. The lowest BCUT2D eigenvalue weighted by Crippen LogP contribution is -2.01. The van der Waals surface area contributed by atoms with Gasteiger partial charge in [-0.1, -0.05) is 0 Å². The smallest absolute Gasteiger partial charge is 0.354 e. The molecule has 0 atom stereocenters. The molecule has 1 N–H and O–H groups in total. The van der Waals surface area contributed by atoms with E-state index in [-0.39, 0.29) is 23.0 Å². The zero-order valence-corrected chi connectivity index (χ0v) is 9.96. The number of rotatable bonds is 4. The van der Waals surface area contributed by atoms with Gasteiger partial charge in [0.25, 0.3) is 0 Å². The Labute approximate surface area is 108 Å². The highest BCUT2D eigenvalue weighted by molar-refractivity contribution is 5.86. The molecule has 0 unspecified atom stereocenters. The van der Waals surface area contributed by atoms with E-state index in [9.17, 15) is 9.18 Å². The maximum Gasteiger partial charge on any atom is 0.354 e. The van der Waals surface area contributed by atoms with Crippen molar-refractivity contribution >= 4 is 5.97 Å². The number of nitrogens with zero attached hydrogens (tertiary/aromatic N) is 1. The molecule has 0 aliphatic carbocycles. The van der Waals surface area contributed by atoms with Crippen LogP contribution in [0.25, 0.3) is 0 Å². The molecule has 0 bridgehead atoms. The Hall–Kier alpha value is -2.63. The fraction of sp³-hybridized carbons (Fsp3) is 0.0769. The van der Waals surface area contributed by atoms with E-state index in [0.717, 1.165) is 0 Å². The summed E-state index contributed by atoms with van der Waals surface area (Å²) in [6.45, 7) is 0. The van der Waals surface area contributed by atoms with Crippen LogP contribution in [-0.4, -0.2) is 23.2 Å². The number of hydrogen-bond acceptors (Lipinski definition) is 4. The standard InChI is InChI=1S/C13H10FNO4/c1-18-11-6-10(13(16)17)15-7-12(11)19-9-4-2-8(14)3-5-9/h2-7H,1H3,(H,16,17). The molecule has 1 heterocycles. The number of benzene rings is 1. The number of methoxy groups -OCH3 is 1. The van der Waals surface area contributed by atoms with Crippen LogP contribution in [0.15, 0.2) is 36.5 Å². The Bertz CT molecular complexity index is 598. The summed E-state index contributed by atoms with van der Waals surface area (Å²) in [5, 5.41) is 8.82. The first-order chi connectivity index (χ1) is 9.10. The Morgan fingerprint density at radius 3 is 2.53 bits per heavy atom. The van der Waals surface area contributed by atoms with E-state index in [2.05, 4.69) is 4.98 Å². The molecule has 0 aliphatic heterocycles. The number of carboxylic acid groups (broad SMARTS) is 1. The molecule has 0 amide bonds. The largest absolute Gasteiger partial charge is 0.493 e. The number of pyridine rings is 1. The number of carbonyl (C=O) groups is 1. The summed E-state index contributed by atoms with van der Waals surface area (Å²) in [6.07, 6.45) is 1.24. The van der Waals surface area contributed by atoms with Crippen LogP contribution in [0.5, 0.6) is 17.2 Å². The molecule has 0 fully saturated rings. The predicted molar refractivity (Wildman–Crippen MR) is 64.2 cm³/mol. The van der Waals surface area contributed by atoms with Crippen molar-refractivity contribution in [1.29, 1.82) is 0 Å². The van der Waals surface area contributed by atoms with E-state index in [1.54, 1.807) is 0 Å². The minimum Gasteiger partial charge on any atom is -0.493 e. The molecule has 0 aliphatic rings. The van der Waals surface area contributed by atoms with Crippen molar-refractivity contribution in [2.24, 2.45) is 0 Å². The van der Waals surface area contributed by atoms with Crippen LogP contribution in [-0.2, 0) is 0 Å². The second-order valence-corrected chi connectivity index (χ2v) is 3.58. The van der Waals surface area contributed by atoms with E-state index in [4.69, 9.17) is 14.6 Å². The maximum atomic E-state index is 12.8. The zero-order chi connectivity index (χ0) is 13.8. The van der Waals surface area contributed by atoms with Gasteiger partial charge in [0, 0.05) is 6.07 Å². The third-order valence-electron chi connectivity index (χ3n) is 2.31. The van der Waals surface area contributed by atoms with Crippen molar-refractivity contribution in [1.82, 2.24) is 4.98 Å². The number of hydrogen-bond donors (Lipinski definition) is 1. The molecule has 98 valence electrons. The Morgan fingerprint density at radius 1 is 1.26 bits per heavy atom. The third kappa shape index (κ3) is 2.98. The average Bonchev–Trinajstić information content (AvgIpc) is 2.41. The van der Waals surface area contributed by atoms with Crippen LogP contribution in [0.1, 0.15) is 10.5 Å². The van der Waals surface area contributed by atoms with Gasteiger partial charge in [-0.05, 0) is 24.3 Å². The minimum absolute atomic E-state index is 0.150. The van der Waals surface area contributed by atoms with Crippen molar-refractivity contribution in [2.75, 3.05) is 7.11 Å². The maximum absolute atomic E-state index is 12.8. The van der Waals surface area contributed by atoms with Crippen molar-refractivity contribution in [3.05, 3.63) is 48.0 Å². The molecule has 0 saturated carbocycles. The van der Waals surface area contributed by atoms with E-state index < -0.39 is 5.97 Å². The second-order valence-electron chi connectivity index (χ2n) is 3.58. The van der Waals surface area contributed by atoms with Gasteiger partial charge in [0.15, 0.2) is 17.2 Å². The highest BCUT2D eigenvalue weighted by atomic mass is 19.1. The van der Waals surface area contributed by atoms with E-state index in [1.165, 1.54) is 43.6 Å². The molecule has 1 aromatic carbocycles. The first-order valence-electron chi connectivity index (χ1n) is 5.31.